The summed E-state index contributed by atoms with van der Waals surface area (Å²) in [6.07, 6.45) is -1.15. The third-order valence-electron chi connectivity index (χ3n) is 4.71. The van der Waals surface area contributed by atoms with Gasteiger partial charge in [0, 0.05) is 25.2 Å². The summed E-state index contributed by atoms with van der Waals surface area (Å²) in [5.74, 6) is -6.43. The number of Topliss-reactive ketones (excluding diaryl/α,β-unsaturated/α-hetero) is 1. The number of carbonyl (C=O) groups is 3. The van der Waals surface area contributed by atoms with Gasteiger partial charge in [-0.25, -0.2) is 13.6 Å². The molecular weight excluding hydrogens is 370 g/mol. The molecule has 1 aromatic rings. The van der Waals surface area contributed by atoms with Crippen LogP contribution in [0.25, 0.3) is 0 Å². The zero-order valence-corrected chi connectivity index (χ0v) is 16.6. The number of carbonyl (C=O) groups excluding carboxylic acids is 3. The number of esters is 2. The van der Waals surface area contributed by atoms with Crippen LogP contribution >= 0.6 is 0 Å². The third-order valence-corrected chi connectivity index (χ3v) is 4.71. The van der Waals surface area contributed by atoms with E-state index in [2.05, 4.69) is 4.74 Å². The molecule has 0 radical (unpaired) electrons. The summed E-state index contributed by atoms with van der Waals surface area (Å²) in [7, 11) is 1.13. The molecule has 0 aliphatic heterocycles. The van der Waals surface area contributed by atoms with Gasteiger partial charge in [-0.05, 0) is 44.9 Å². The number of rotatable bonds is 5. The fraction of sp³-hybridized carbons (Fsp3) is 0.571. The van der Waals surface area contributed by atoms with E-state index in [0.717, 1.165) is 7.11 Å². The first kappa shape index (κ1) is 22.0. The Balaban J connectivity index is 2.07. The molecule has 0 bridgehead atoms. The highest BCUT2D eigenvalue weighted by molar-refractivity contribution is 5.91. The number of hydrogen-bond acceptors (Lipinski definition) is 5. The number of benzene rings is 1. The van der Waals surface area contributed by atoms with Crippen molar-refractivity contribution in [2.45, 2.75) is 58.0 Å². The highest BCUT2D eigenvalue weighted by Crippen LogP contribution is 2.41. The fourth-order valence-corrected chi connectivity index (χ4v) is 3.35. The maximum absolute atomic E-state index is 13.7. The molecule has 1 fully saturated rings. The van der Waals surface area contributed by atoms with E-state index in [-0.39, 0.29) is 18.6 Å². The van der Waals surface area contributed by atoms with Gasteiger partial charge in [0.1, 0.15) is 11.4 Å². The minimum Gasteiger partial charge on any atom is -0.469 e. The first-order valence-electron chi connectivity index (χ1n) is 9.22. The van der Waals surface area contributed by atoms with Gasteiger partial charge in [0.05, 0.1) is 18.6 Å². The first-order valence-corrected chi connectivity index (χ1v) is 9.22. The van der Waals surface area contributed by atoms with Crippen LogP contribution in [-0.2, 0) is 25.5 Å². The van der Waals surface area contributed by atoms with E-state index in [1.54, 1.807) is 45.0 Å². The molecule has 0 heterocycles. The van der Waals surface area contributed by atoms with Crippen molar-refractivity contribution in [1.82, 2.24) is 0 Å². The molecule has 7 heteroatoms. The average molecular weight is 396 g/mol. The van der Waals surface area contributed by atoms with Crippen molar-refractivity contribution < 1.29 is 32.6 Å². The van der Waals surface area contributed by atoms with Crippen molar-refractivity contribution in [2.24, 2.45) is 11.8 Å². The zero-order valence-electron chi connectivity index (χ0n) is 16.6. The van der Waals surface area contributed by atoms with Crippen molar-refractivity contribution >= 4 is 17.7 Å². The Hall–Kier alpha value is -2.31. The van der Waals surface area contributed by atoms with Crippen molar-refractivity contribution in [3.05, 3.63) is 35.4 Å². The van der Waals surface area contributed by atoms with Crippen molar-refractivity contribution in [2.75, 3.05) is 7.11 Å². The van der Waals surface area contributed by atoms with Crippen molar-refractivity contribution in [3.63, 3.8) is 0 Å². The van der Waals surface area contributed by atoms with Gasteiger partial charge in [-0.3, -0.25) is 9.59 Å². The van der Waals surface area contributed by atoms with Crippen LogP contribution in [0.3, 0.4) is 0 Å². The van der Waals surface area contributed by atoms with Crippen LogP contribution in [0.4, 0.5) is 8.78 Å². The van der Waals surface area contributed by atoms with Gasteiger partial charge in [0.25, 0.3) is 0 Å². The van der Waals surface area contributed by atoms with Crippen LogP contribution in [0.5, 0.6) is 0 Å². The lowest BCUT2D eigenvalue weighted by molar-refractivity contribution is -0.160. The van der Waals surface area contributed by atoms with E-state index in [9.17, 15) is 23.2 Å². The summed E-state index contributed by atoms with van der Waals surface area (Å²) in [5, 5.41) is 0. The smallest absolute Gasteiger partial charge is 0.338 e. The molecule has 0 N–H and O–H groups in total. The molecule has 5 nitrogen and oxygen atoms in total. The minimum atomic E-state index is -2.97. The number of alkyl halides is 2. The molecule has 1 saturated carbocycles. The molecule has 1 aliphatic carbocycles. The van der Waals surface area contributed by atoms with E-state index in [0.29, 0.717) is 11.1 Å². The topological polar surface area (TPSA) is 69.7 Å². The molecule has 0 spiro atoms. The molecular formula is C21H26F2O5. The van der Waals surface area contributed by atoms with Gasteiger partial charge in [-0.1, -0.05) is 12.1 Å². The van der Waals surface area contributed by atoms with Crippen LogP contribution in [0, 0.1) is 11.8 Å². The van der Waals surface area contributed by atoms with Gasteiger partial charge in [0.15, 0.2) is 0 Å². The minimum absolute atomic E-state index is 0.00166. The standard InChI is InChI=1S/C21H26F2O5/c1-20(2,3)28-18(25)14-7-5-13(6-8-14)11-17(24)15-9-10-21(22,23)12-16(15)19(26)27-4/h5-8,15-16H,9-12H2,1-4H3/t15-,16+/m1/s1. The number of ether oxygens (including phenoxy) is 2. The lowest BCUT2D eigenvalue weighted by atomic mass is 9.74. The molecule has 1 aliphatic rings. The lowest BCUT2D eigenvalue weighted by Gasteiger charge is -2.33. The van der Waals surface area contributed by atoms with Crippen LogP contribution in [0.2, 0.25) is 0 Å². The van der Waals surface area contributed by atoms with Crippen molar-refractivity contribution in [1.29, 1.82) is 0 Å². The predicted octanol–water partition coefficient (Wildman–Crippen LogP) is 3.98. The van der Waals surface area contributed by atoms with Crippen LogP contribution in [0.1, 0.15) is 56.0 Å². The van der Waals surface area contributed by atoms with E-state index in [1.807, 2.05) is 0 Å². The Morgan fingerprint density at radius 2 is 1.71 bits per heavy atom. The van der Waals surface area contributed by atoms with E-state index in [1.165, 1.54) is 0 Å². The molecule has 0 unspecified atom stereocenters. The van der Waals surface area contributed by atoms with Crippen LogP contribution < -0.4 is 0 Å². The molecule has 28 heavy (non-hydrogen) atoms. The summed E-state index contributed by atoms with van der Waals surface area (Å²) in [6.45, 7) is 5.30. The number of methoxy groups -OCH3 is 1. The highest BCUT2D eigenvalue weighted by atomic mass is 19.3. The number of hydrogen-bond donors (Lipinski definition) is 0. The average Bonchev–Trinajstić information content (AvgIpc) is 2.59. The van der Waals surface area contributed by atoms with E-state index >= 15 is 0 Å². The largest absolute Gasteiger partial charge is 0.469 e. The molecule has 2 rings (SSSR count). The predicted molar refractivity (Wildman–Crippen MR) is 98.1 cm³/mol. The zero-order chi connectivity index (χ0) is 21.1. The molecule has 0 aromatic heterocycles. The van der Waals surface area contributed by atoms with Gasteiger partial charge in [0.2, 0.25) is 5.92 Å². The van der Waals surface area contributed by atoms with Crippen LogP contribution in [0.15, 0.2) is 24.3 Å². The first-order chi connectivity index (χ1) is 12.9. The Morgan fingerprint density at radius 3 is 2.25 bits per heavy atom. The second-order valence-electron chi connectivity index (χ2n) is 8.18. The molecule has 2 atom stereocenters. The Labute approximate surface area is 163 Å². The van der Waals surface area contributed by atoms with Gasteiger partial charge < -0.3 is 9.47 Å². The maximum Gasteiger partial charge on any atom is 0.338 e. The van der Waals surface area contributed by atoms with Gasteiger partial charge in [-0.15, -0.1) is 0 Å². The maximum atomic E-state index is 13.7. The summed E-state index contributed by atoms with van der Waals surface area (Å²) >= 11 is 0. The highest BCUT2D eigenvalue weighted by Gasteiger charge is 2.47. The number of ketones is 1. The van der Waals surface area contributed by atoms with Gasteiger partial charge >= 0.3 is 11.9 Å². The Bertz CT molecular complexity index is 734. The molecule has 1 aromatic carbocycles. The third kappa shape index (κ3) is 5.84. The SMILES string of the molecule is COC(=O)[C@H]1CC(F)(F)CC[C@H]1C(=O)Cc1ccc(C(=O)OC(C)(C)C)cc1. The second-order valence-corrected chi connectivity index (χ2v) is 8.18. The van der Waals surface area contributed by atoms with Crippen molar-refractivity contribution in [3.8, 4) is 0 Å². The van der Waals surface area contributed by atoms with Gasteiger partial charge in [-0.2, -0.15) is 0 Å². The lowest BCUT2D eigenvalue weighted by Crippen LogP contribution is -2.41. The molecule has 0 saturated heterocycles. The fourth-order valence-electron chi connectivity index (χ4n) is 3.35. The second kappa shape index (κ2) is 8.37. The summed E-state index contributed by atoms with van der Waals surface area (Å²) in [6, 6.07) is 6.37. The monoisotopic (exact) mass is 396 g/mol. The van der Waals surface area contributed by atoms with E-state index < -0.39 is 48.1 Å². The summed E-state index contributed by atoms with van der Waals surface area (Å²) in [4.78, 5) is 36.6. The number of halogens is 2. The molecule has 0 amide bonds. The van der Waals surface area contributed by atoms with Crippen LogP contribution in [-0.4, -0.2) is 36.4 Å². The molecule has 154 valence electrons. The normalized spacial score (nSPS) is 21.6. The Morgan fingerprint density at radius 1 is 1.11 bits per heavy atom. The van der Waals surface area contributed by atoms with E-state index in [4.69, 9.17) is 4.74 Å². The quantitative estimate of drug-likeness (QED) is 0.704. The Kier molecular flexibility index (Phi) is 6.57. The summed E-state index contributed by atoms with van der Waals surface area (Å²) < 4.78 is 37.3. The summed E-state index contributed by atoms with van der Waals surface area (Å²) in [5.41, 5.74) is 0.381.